The van der Waals surface area contributed by atoms with Gasteiger partial charge in [-0.2, -0.15) is 13.2 Å². The topological polar surface area (TPSA) is 102 Å². The molecule has 1 saturated carbocycles. The summed E-state index contributed by atoms with van der Waals surface area (Å²) < 4.78 is 50.2. The number of hydrogen-bond acceptors (Lipinski definition) is 7. The zero-order valence-corrected chi connectivity index (χ0v) is 20.1. The van der Waals surface area contributed by atoms with Crippen LogP contribution in [0.5, 0.6) is 17.4 Å². The molecule has 2 aromatic carbocycles. The molecule has 2 N–H and O–H groups in total. The van der Waals surface area contributed by atoms with Crippen molar-refractivity contribution in [2.24, 2.45) is 5.92 Å². The summed E-state index contributed by atoms with van der Waals surface area (Å²) in [5.74, 6) is 0.0561. The van der Waals surface area contributed by atoms with Crippen LogP contribution in [0.2, 0.25) is 0 Å². The Morgan fingerprint density at radius 3 is 2.54 bits per heavy atom. The van der Waals surface area contributed by atoms with E-state index in [4.69, 9.17) is 9.47 Å². The van der Waals surface area contributed by atoms with Gasteiger partial charge in [0.15, 0.2) is 16.6 Å². The summed E-state index contributed by atoms with van der Waals surface area (Å²) in [6.07, 6.45) is -2.77. The summed E-state index contributed by atoms with van der Waals surface area (Å²) >= 11 is 1.21. The number of fused-ring (bicyclic) bond motifs is 1. The smallest absolute Gasteiger partial charge is 0.416 e. The van der Waals surface area contributed by atoms with Crippen LogP contribution in [-0.4, -0.2) is 28.9 Å². The lowest BCUT2D eigenvalue weighted by atomic mass is 10.1. The molecule has 0 saturated heterocycles. The molecule has 2 heterocycles. The second kappa shape index (κ2) is 9.69. The number of nitrogens with one attached hydrogen (secondary N) is 2. The molecule has 0 unspecified atom stereocenters. The molecule has 0 atom stereocenters. The van der Waals surface area contributed by atoms with Crippen LogP contribution in [0.4, 0.5) is 24.0 Å². The van der Waals surface area contributed by atoms with E-state index in [9.17, 15) is 22.8 Å². The second-order valence-electron chi connectivity index (χ2n) is 8.26. The van der Waals surface area contributed by atoms with Crippen molar-refractivity contribution in [3.63, 3.8) is 0 Å². The molecule has 4 aromatic rings. The van der Waals surface area contributed by atoms with E-state index in [-0.39, 0.29) is 34.7 Å². The van der Waals surface area contributed by atoms with Gasteiger partial charge in [0, 0.05) is 23.2 Å². The van der Waals surface area contributed by atoms with Gasteiger partial charge in [-0.05, 0) is 55.3 Å². The highest BCUT2D eigenvalue weighted by atomic mass is 32.1. The van der Waals surface area contributed by atoms with Gasteiger partial charge in [-0.15, -0.1) is 0 Å². The lowest BCUT2D eigenvalue weighted by Crippen LogP contribution is -2.13. The van der Waals surface area contributed by atoms with E-state index in [2.05, 4.69) is 20.6 Å². The predicted molar refractivity (Wildman–Crippen MR) is 131 cm³/mol. The summed E-state index contributed by atoms with van der Waals surface area (Å²) in [4.78, 5) is 34.1. The molecular formula is C25H19F3N4O4S. The maximum atomic E-state index is 13.0. The number of benzene rings is 2. The Morgan fingerprint density at radius 1 is 1.00 bits per heavy atom. The van der Waals surface area contributed by atoms with Crippen LogP contribution in [0.25, 0.3) is 10.3 Å². The van der Waals surface area contributed by atoms with Crippen molar-refractivity contribution in [3.8, 4) is 17.4 Å². The van der Waals surface area contributed by atoms with Gasteiger partial charge in [-0.1, -0.05) is 17.4 Å². The van der Waals surface area contributed by atoms with E-state index in [1.54, 1.807) is 12.1 Å². The molecule has 0 radical (unpaired) electrons. The third-order valence-corrected chi connectivity index (χ3v) is 6.38. The molecule has 12 heteroatoms. The lowest BCUT2D eigenvalue weighted by molar-refractivity contribution is -0.137. The highest BCUT2D eigenvalue weighted by Crippen LogP contribution is 2.35. The Labute approximate surface area is 212 Å². The van der Waals surface area contributed by atoms with Crippen molar-refractivity contribution < 1.29 is 32.2 Å². The van der Waals surface area contributed by atoms with Gasteiger partial charge in [0.05, 0.1) is 12.7 Å². The number of amides is 2. The van der Waals surface area contributed by atoms with Crippen molar-refractivity contribution >= 4 is 44.3 Å². The molecule has 1 fully saturated rings. The summed E-state index contributed by atoms with van der Waals surface area (Å²) in [6, 6.07) is 12.0. The lowest BCUT2D eigenvalue weighted by Gasteiger charge is -2.12. The third-order valence-electron chi connectivity index (χ3n) is 5.50. The Hall–Kier alpha value is -4.19. The van der Waals surface area contributed by atoms with Crippen molar-refractivity contribution in [1.29, 1.82) is 0 Å². The third kappa shape index (κ3) is 5.64. The molecule has 37 heavy (non-hydrogen) atoms. The number of thiazole rings is 1. The average molecular weight is 529 g/mol. The molecule has 2 aromatic heterocycles. The highest BCUT2D eigenvalue weighted by molar-refractivity contribution is 7.21. The number of ether oxygens (including phenoxy) is 2. The number of nitrogens with zero attached hydrogens (tertiary/aromatic N) is 2. The van der Waals surface area contributed by atoms with Crippen molar-refractivity contribution in [2.75, 3.05) is 17.7 Å². The fraction of sp³-hybridized carbons (Fsp3) is 0.200. The first-order valence-electron chi connectivity index (χ1n) is 11.1. The van der Waals surface area contributed by atoms with E-state index in [1.807, 2.05) is 0 Å². The summed E-state index contributed by atoms with van der Waals surface area (Å²) in [5, 5.41) is 5.70. The molecule has 8 nitrogen and oxygen atoms in total. The number of rotatable bonds is 7. The van der Waals surface area contributed by atoms with Gasteiger partial charge in [0.1, 0.15) is 10.3 Å². The first-order chi connectivity index (χ1) is 17.7. The summed E-state index contributed by atoms with van der Waals surface area (Å²) in [5.41, 5.74) is -0.148. The minimum atomic E-state index is -4.53. The number of pyridine rings is 1. The maximum Gasteiger partial charge on any atom is 0.416 e. The van der Waals surface area contributed by atoms with Gasteiger partial charge in [0.2, 0.25) is 11.8 Å². The van der Waals surface area contributed by atoms with Gasteiger partial charge in [-0.25, -0.2) is 9.97 Å². The van der Waals surface area contributed by atoms with E-state index in [1.165, 1.54) is 48.8 Å². The Morgan fingerprint density at radius 2 is 1.81 bits per heavy atom. The van der Waals surface area contributed by atoms with E-state index < -0.39 is 17.6 Å². The van der Waals surface area contributed by atoms with Crippen LogP contribution < -0.4 is 20.1 Å². The predicted octanol–water partition coefficient (Wildman–Crippen LogP) is 6.11. The fourth-order valence-electron chi connectivity index (χ4n) is 3.45. The zero-order valence-electron chi connectivity index (χ0n) is 19.3. The van der Waals surface area contributed by atoms with Crippen LogP contribution in [0.15, 0.2) is 54.6 Å². The highest BCUT2D eigenvalue weighted by Gasteiger charge is 2.31. The van der Waals surface area contributed by atoms with Crippen LogP contribution >= 0.6 is 11.3 Å². The zero-order chi connectivity index (χ0) is 26.2. The molecule has 0 bridgehead atoms. The number of alkyl halides is 3. The fourth-order valence-corrected chi connectivity index (χ4v) is 4.28. The number of methoxy groups -OCH3 is 1. The number of anilines is 2. The largest absolute Gasteiger partial charge is 0.493 e. The SMILES string of the molecule is COc1ccc(C(=O)Nc2cccc(C(F)(F)F)c2)cc1Oc1ccc2nc(NC(=O)C3CC3)sc2n1. The minimum Gasteiger partial charge on any atom is -0.493 e. The molecule has 1 aliphatic carbocycles. The van der Waals surface area contributed by atoms with Crippen LogP contribution in [-0.2, 0) is 11.0 Å². The number of aromatic nitrogens is 2. The molecule has 0 spiro atoms. The first-order valence-corrected chi connectivity index (χ1v) is 11.9. The number of carbonyl (C=O) groups is 2. The van der Waals surface area contributed by atoms with Crippen LogP contribution in [0, 0.1) is 5.92 Å². The van der Waals surface area contributed by atoms with Gasteiger partial charge < -0.3 is 20.1 Å². The van der Waals surface area contributed by atoms with Crippen molar-refractivity contribution in [2.45, 2.75) is 19.0 Å². The van der Waals surface area contributed by atoms with E-state index in [0.717, 1.165) is 25.0 Å². The van der Waals surface area contributed by atoms with Crippen LogP contribution in [0.1, 0.15) is 28.8 Å². The Bertz CT molecular complexity index is 1500. The number of halogens is 3. The van der Waals surface area contributed by atoms with E-state index in [0.29, 0.717) is 21.2 Å². The van der Waals surface area contributed by atoms with E-state index >= 15 is 0 Å². The molecule has 1 aliphatic rings. The number of carbonyl (C=O) groups excluding carboxylic acids is 2. The first kappa shape index (κ1) is 24.5. The monoisotopic (exact) mass is 528 g/mol. The normalized spacial score (nSPS) is 13.3. The Kier molecular flexibility index (Phi) is 6.42. The van der Waals surface area contributed by atoms with Crippen molar-refractivity contribution in [1.82, 2.24) is 9.97 Å². The quantitative estimate of drug-likeness (QED) is 0.300. The standard InChI is InChI=1S/C25H19F3N4O4S/c1-35-18-9-7-14(22(34)29-16-4-2-3-15(12-16)25(26,27)28)11-19(18)36-20-10-8-17-23(31-20)37-24(30-17)32-21(33)13-5-6-13/h2-4,7-13H,5-6H2,1H3,(H,29,34)(H,30,32,33). The minimum absolute atomic E-state index is 0.00000544. The molecule has 2 amide bonds. The second-order valence-corrected chi connectivity index (χ2v) is 9.23. The van der Waals surface area contributed by atoms with Crippen LogP contribution in [0.3, 0.4) is 0 Å². The number of hydrogen-bond donors (Lipinski definition) is 2. The molecule has 5 rings (SSSR count). The average Bonchev–Trinajstić information content (AvgIpc) is 3.64. The molecular weight excluding hydrogens is 509 g/mol. The summed E-state index contributed by atoms with van der Waals surface area (Å²) in [7, 11) is 1.43. The summed E-state index contributed by atoms with van der Waals surface area (Å²) in [6.45, 7) is 0. The Balaban J connectivity index is 1.35. The van der Waals surface area contributed by atoms with Gasteiger partial charge in [0.25, 0.3) is 5.91 Å². The molecule has 0 aliphatic heterocycles. The van der Waals surface area contributed by atoms with Gasteiger partial charge >= 0.3 is 6.18 Å². The van der Waals surface area contributed by atoms with Gasteiger partial charge in [-0.3, -0.25) is 9.59 Å². The maximum absolute atomic E-state index is 13.0. The van der Waals surface area contributed by atoms with Crippen molar-refractivity contribution in [3.05, 3.63) is 65.7 Å². The molecule has 190 valence electrons.